The van der Waals surface area contributed by atoms with Crippen molar-refractivity contribution in [1.82, 2.24) is 5.32 Å². The SMILES string of the molecule is O=C(NCc1sccc1Br)c1cc(Cl)ccc1[N+](=O)[O-]. The van der Waals surface area contributed by atoms with Gasteiger partial charge in [-0.15, -0.1) is 11.3 Å². The maximum Gasteiger partial charge on any atom is 0.282 e. The van der Waals surface area contributed by atoms with Gasteiger partial charge in [-0.2, -0.15) is 0 Å². The summed E-state index contributed by atoms with van der Waals surface area (Å²) >= 11 is 10.6. The molecule has 104 valence electrons. The Morgan fingerprint density at radius 1 is 1.45 bits per heavy atom. The molecule has 0 bridgehead atoms. The molecule has 20 heavy (non-hydrogen) atoms. The molecule has 1 amide bonds. The highest BCUT2D eigenvalue weighted by molar-refractivity contribution is 9.10. The number of rotatable bonds is 4. The molecule has 0 aliphatic rings. The number of benzene rings is 1. The van der Waals surface area contributed by atoms with Crippen molar-refractivity contribution in [2.45, 2.75) is 6.54 Å². The van der Waals surface area contributed by atoms with Gasteiger partial charge in [0.2, 0.25) is 0 Å². The molecule has 0 aliphatic heterocycles. The van der Waals surface area contributed by atoms with Crippen LogP contribution in [0.2, 0.25) is 5.02 Å². The van der Waals surface area contributed by atoms with Crippen molar-refractivity contribution in [2.75, 3.05) is 0 Å². The topological polar surface area (TPSA) is 72.2 Å². The Bertz CT molecular complexity index is 674. The summed E-state index contributed by atoms with van der Waals surface area (Å²) in [6.07, 6.45) is 0. The van der Waals surface area contributed by atoms with Crippen LogP contribution in [0.15, 0.2) is 34.1 Å². The quantitative estimate of drug-likeness (QED) is 0.648. The molecule has 0 spiro atoms. The molecule has 2 aromatic rings. The van der Waals surface area contributed by atoms with E-state index >= 15 is 0 Å². The van der Waals surface area contributed by atoms with Gasteiger partial charge in [-0.05, 0) is 39.5 Å². The maximum atomic E-state index is 12.0. The van der Waals surface area contributed by atoms with Crippen LogP contribution < -0.4 is 5.32 Å². The van der Waals surface area contributed by atoms with Crippen molar-refractivity contribution >= 4 is 50.5 Å². The highest BCUT2D eigenvalue weighted by atomic mass is 79.9. The third kappa shape index (κ3) is 3.36. The highest BCUT2D eigenvalue weighted by Gasteiger charge is 2.20. The van der Waals surface area contributed by atoms with Crippen LogP contribution in [-0.2, 0) is 6.54 Å². The second-order valence-electron chi connectivity index (χ2n) is 3.79. The van der Waals surface area contributed by atoms with Crippen molar-refractivity contribution < 1.29 is 9.72 Å². The summed E-state index contributed by atoms with van der Waals surface area (Å²) in [6, 6.07) is 5.76. The van der Waals surface area contributed by atoms with E-state index in [2.05, 4.69) is 21.2 Å². The van der Waals surface area contributed by atoms with Crippen molar-refractivity contribution in [2.24, 2.45) is 0 Å². The molecular formula is C12H8BrClN2O3S. The van der Waals surface area contributed by atoms with Gasteiger partial charge in [-0.1, -0.05) is 11.6 Å². The summed E-state index contributed by atoms with van der Waals surface area (Å²) in [5.41, 5.74) is -0.313. The molecule has 0 saturated carbocycles. The number of nitro groups is 1. The first kappa shape index (κ1) is 15.0. The molecule has 1 N–H and O–H groups in total. The first-order valence-corrected chi connectivity index (χ1v) is 7.48. The van der Waals surface area contributed by atoms with Gasteiger partial charge < -0.3 is 5.32 Å². The number of carbonyl (C=O) groups excluding carboxylic acids is 1. The van der Waals surface area contributed by atoms with Gasteiger partial charge in [0.1, 0.15) is 5.56 Å². The lowest BCUT2D eigenvalue weighted by Gasteiger charge is -2.05. The fourth-order valence-corrected chi connectivity index (χ4v) is 3.16. The van der Waals surface area contributed by atoms with Gasteiger partial charge >= 0.3 is 0 Å². The molecule has 1 aromatic carbocycles. The van der Waals surface area contributed by atoms with E-state index < -0.39 is 10.8 Å². The smallest absolute Gasteiger partial charge is 0.282 e. The van der Waals surface area contributed by atoms with Crippen LogP contribution in [-0.4, -0.2) is 10.8 Å². The third-order valence-electron chi connectivity index (χ3n) is 2.50. The van der Waals surface area contributed by atoms with E-state index in [-0.39, 0.29) is 16.3 Å². The summed E-state index contributed by atoms with van der Waals surface area (Å²) < 4.78 is 0.892. The van der Waals surface area contributed by atoms with E-state index in [4.69, 9.17) is 11.6 Å². The number of thiophene rings is 1. The molecular weight excluding hydrogens is 368 g/mol. The minimum absolute atomic E-state index is 0.0461. The van der Waals surface area contributed by atoms with Gasteiger partial charge in [-0.25, -0.2) is 0 Å². The second kappa shape index (κ2) is 6.34. The summed E-state index contributed by atoms with van der Waals surface area (Å²) in [7, 11) is 0. The Labute approximate surface area is 131 Å². The molecule has 2 rings (SSSR count). The van der Waals surface area contributed by atoms with E-state index in [1.807, 2.05) is 11.4 Å². The number of hydrogen-bond donors (Lipinski definition) is 1. The van der Waals surface area contributed by atoms with Gasteiger partial charge in [0.15, 0.2) is 0 Å². The Balaban J connectivity index is 2.19. The predicted molar refractivity (Wildman–Crippen MR) is 81.3 cm³/mol. The lowest BCUT2D eigenvalue weighted by molar-refractivity contribution is -0.385. The van der Waals surface area contributed by atoms with Crippen LogP contribution in [0.25, 0.3) is 0 Å². The molecule has 1 heterocycles. The molecule has 0 fully saturated rings. The highest BCUT2D eigenvalue weighted by Crippen LogP contribution is 2.24. The van der Waals surface area contributed by atoms with Gasteiger partial charge in [-0.3, -0.25) is 14.9 Å². The molecule has 5 nitrogen and oxygen atoms in total. The standard InChI is InChI=1S/C12H8BrClN2O3S/c13-9-3-4-20-11(9)6-15-12(17)8-5-7(14)1-2-10(8)16(18)19/h1-5H,6H2,(H,15,17). The Kier molecular flexibility index (Phi) is 4.74. The summed E-state index contributed by atoms with van der Waals surface area (Å²) in [5.74, 6) is -0.528. The third-order valence-corrected chi connectivity index (χ3v) is 4.66. The monoisotopic (exact) mass is 374 g/mol. The van der Waals surface area contributed by atoms with Crippen LogP contribution in [0, 0.1) is 10.1 Å². The lowest BCUT2D eigenvalue weighted by Crippen LogP contribution is -2.23. The fourth-order valence-electron chi connectivity index (χ4n) is 1.56. The zero-order chi connectivity index (χ0) is 14.7. The predicted octanol–water partition coefficient (Wildman–Crippen LogP) is 4.00. The van der Waals surface area contributed by atoms with E-state index in [0.29, 0.717) is 6.54 Å². The average molecular weight is 376 g/mol. The number of halogens is 2. The van der Waals surface area contributed by atoms with Crippen molar-refractivity contribution in [3.63, 3.8) is 0 Å². The van der Waals surface area contributed by atoms with E-state index in [9.17, 15) is 14.9 Å². The van der Waals surface area contributed by atoms with E-state index in [1.54, 1.807) is 0 Å². The molecule has 8 heteroatoms. The zero-order valence-electron chi connectivity index (χ0n) is 9.93. The average Bonchev–Trinajstić information content (AvgIpc) is 2.81. The number of hydrogen-bond acceptors (Lipinski definition) is 4. The summed E-state index contributed by atoms with van der Waals surface area (Å²) in [5, 5.41) is 15.7. The van der Waals surface area contributed by atoms with Crippen LogP contribution >= 0.6 is 38.9 Å². The Morgan fingerprint density at radius 3 is 2.80 bits per heavy atom. The second-order valence-corrected chi connectivity index (χ2v) is 6.08. The van der Waals surface area contributed by atoms with Crippen LogP contribution in [0.4, 0.5) is 5.69 Å². The van der Waals surface area contributed by atoms with Gasteiger partial charge in [0.05, 0.1) is 11.5 Å². The lowest BCUT2D eigenvalue weighted by atomic mass is 10.1. The number of nitro benzene ring substituents is 1. The normalized spacial score (nSPS) is 10.3. The number of nitrogens with one attached hydrogen (secondary N) is 1. The molecule has 0 radical (unpaired) electrons. The first-order chi connectivity index (χ1) is 9.49. The van der Waals surface area contributed by atoms with Crippen molar-refractivity contribution in [3.05, 3.63) is 59.7 Å². The minimum Gasteiger partial charge on any atom is -0.347 e. The van der Waals surface area contributed by atoms with E-state index in [0.717, 1.165) is 9.35 Å². The van der Waals surface area contributed by atoms with Gasteiger partial charge in [0.25, 0.3) is 11.6 Å². The van der Waals surface area contributed by atoms with Crippen LogP contribution in [0.3, 0.4) is 0 Å². The molecule has 1 aromatic heterocycles. The van der Waals surface area contributed by atoms with Crippen molar-refractivity contribution in [3.8, 4) is 0 Å². The maximum absolute atomic E-state index is 12.0. The fraction of sp³-hybridized carbons (Fsp3) is 0.0833. The van der Waals surface area contributed by atoms with Gasteiger partial charge in [0, 0.05) is 20.4 Å². The molecule has 0 saturated heterocycles. The molecule has 0 aliphatic carbocycles. The van der Waals surface area contributed by atoms with Crippen molar-refractivity contribution in [1.29, 1.82) is 0 Å². The zero-order valence-corrected chi connectivity index (χ0v) is 13.1. The molecule has 0 unspecified atom stereocenters. The summed E-state index contributed by atoms with van der Waals surface area (Å²) in [6.45, 7) is 0.292. The largest absolute Gasteiger partial charge is 0.347 e. The molecule has 0 atom stereocenters. The number of amides is 1. The van der Waals surface area contributed by atoms with E-state index in [1.165, 1.54) is 29.5 Å². The Morgan fingerprint density at radius 2 is 2.20 bits per heavy atom. The van der Waals surface area contributed by atoms with Crippen LogP contribution in [0.5, 0.6) is 0 Å². The minimum atomic E-state index is -0.605. The Hall–Kier alpha value is -1.44. The number of carbonyl (C=O) groups is 1. The van der Waals surface area contributed by atoms with Crippen LogP contribution in [0.1, 0.15) is 15.2 Å². The number of nitrogens with zero attached hydrogens (tertiary/aromatic N) is 1. The summed E-state index contributed by atoms with van der Waals surface area (Å²) in [4.78, 5) is 23.3. The first-order valence-electron chi connectivity index (χ1n) is 5.43.